The Bertz CT molecular complexity index is 1330. The summed E-state index contributed by atoms with van der Waals surface area (Å²) in [5.74, 6) is -1.70. The first-order chi connectivity index (χ1) is 16.8. The van der Waals surface area contributed by atoms with Crippen molar-refractivity contribution in [1.82, 2.24) is 14.7 Å². The predicted molar refractivity (Wildman–Crippen MR) is 112 cm³/mol. The summed E-state index contributed by atoms with van der Waals surface area (Å²) in [5.41, 5.74) is -4.46. The third-order valence-corrected chi connectivity index (χ3v) is 6.79. The summed E-state index contributed by atoms with van der Waals surface area (Å²) in [4.78, 5) is 13.9. The molecule has 2 aromatic carbocycles. The standard InChI is InChI=1S/C24H18F7N3O2/c25-19-6-5-14(35)7-16(19)21(36)33-11-22(12-33)8-13(9-22)34-20(18(10-32-34)24(29,30)31)15-3-1-2-4-17(15)23(26,27)28/h1-7,10,13,35H,8-9,11-12H2. The lowest BCUT2D eigenvalue weighted by molar-refractivity contribution is -0.139. The molecule has 1 spiro atoms. The van der Waals surface area contributed by atoms with Gasteiger partial charge in [-0.1, -0.05) is 18.2 Å². The van der Waals surface area contributed by atoms with Gasteiger partial charge in [-0.05, 0) is 37.1 Å². The number of aromatic nitrogens is 2. The van der Waals surface area contributed by atoms with Gasteiger partial charge in [0.05, 0.1) is 29.1 Å². The fraction of sp³-hybridized carbons (Fsp3) is 0.333. The number of halogens is 7. The quantitative estimate of drug-likeness (QED) is 0.443. The predicted octanol–water partition coefficient (Wildman–Crippen LogP) is 5.91. The van der Waals surface area contributed by atoms with E-state index >= 15 is 0 Å². The molecule has 0 bridgehead atoms. The lowest BCUT2D eigenvalue weighted by Crippen LogP contribution is -2.64. The van der Waals surface area contributed by atoms with Gasteiger partial charge in [-0.3, -0.25) is 9.48 Å². The normalized spacial score (nSPS) is 17.7. The van der Waals surface area contributed by atoms with Crippen LogP contribution in [0, 0.1) is 11.2 Å². The minimum atomic E-state index is -4.92. The van der Waals surface area contributed by atoms with Crippen LogP contribution in [0.15, 0.2) is 48.7 Å². The Morgan fingerprint density at radius 2 is 1.61 bits per heavy atom. The zero-order valence-corrected chi connectivity index (χ0v) is 18.4. The summed E-state index contributed by atoms with van der Waals surface area (Å²) in [6.45, 7) is 0.415. The maximum absolute atomic E-state index is 14.0. The van der Waals surface area contributed by atoms with E-state index in [-0.39, 0.29) is 24.4 Å². The van der Waals surface area contributed by atoms with E-state index in [1.807, 2.05) is 0 Å². The van der Waals surface area contributed by atoms with Gasteiger partial charge < -0.3 is 10.0 Å². The number of aromatic hydroxyl groups is 1. The van der Waals surface area contributed by atoms with E-state index in [9.17, 15) is 40.6 Å². The van der Waals surface area contributed by atoms with Gasteiger partial charge in [0.1, 0.15) is 17.1 Å². The highest BCUT2D eigenvalue weighted by atomic mass is 19.4. The number of likely N-dealkylation sites (tertiary alicyclic amines) is 1. The minimum Gasteiger partial charge on any atom is -0.508 e. The van der Waals surface area contributed by atoms with Gasteiger partial charge in [0.15, 0.2) is 0 Å². The highest BCUT2D eigenvalue weighted by molar-refractivity contribution is 5.95. The van der Waals surface area contributed by atoms with E-state index < -0.39 is 57.9 Å². The fourth-order valence-corrected chi connectivity index (χ4v) is 5.18. The van der Waals surface area contributed by atoms with Gasteiger partial charge in [-0.15, -0.1) is 0 Å². The summed E-state index contributed by atoms with van der Waals surface area (Å²) >= 11 is 0. The van der Waals surface area contributed by atoms with Crippen LogP contribution in [0.25, 0.3) is 11.3 Å². The molecule has 0 radical (unpaired) electrons. The second-order valence-electron chi connectivity index (χ2n) is 9.28. The SMILES string of the molecule is O=C(c1cc(O)ccc1F)N1CC2(CC(n3ncc(C(F)(F)F)c3-c3ccccc3C(F)(F)F)C2)C1. The van der Waals surface area contributed by atoms with Crippen LogP contribution in [0.2, 0.25) is 0 Å². The van der Waals surface area contributed by atoms with Gasteiger partial charge in [0, 0.05) is 24.1 Å². The lowest BCUT2D eigenvalue weighted by Gasteiger charge is -2.59. The first kappa shape index (κ1) is 24.1. The van der Waals surface area contributed by atoms with E-state index in [2.05, 4.69) is 5.10 Å². The minimum absolute atomic E-state index is 0.208. The Hall–Kier alpha value is -3.57. The van der Waals surface area contributed by atoms with E-state index in [1.54, 1.807) is 0 Å². The van der Waals surface area contributed by atoms with Crippen molar-refractivity contribution in [3.63, 3.8) is 0 Å². The van der Waals surface area contributed by atoms with Crippen LogP contribution < -0.4 is 0 Å². The van der Waals surface area contributed by atoms with Crippen LogP contribution in [0.4, 0.5) is 30.7 Å². The summed E-state index contributed by atoms with van der Waals surface area (Å²) in [6, 6.07) is 6.54. The highest BCUT2D eigenvalue weighted by Crippen LogP contribution is 2.56. The number of nitrogens with zero attached hydrogens (tertiary/aromatic N) is 3. The number of phenols is 1. The van der Waals surface area contributed by atoms with Crippen LogP contribution in [0.1, 0.15) is 40.4 Å². The smallest absolute Gasteiger partial charge is 0.420 e. The van der Waals surface area contributed by atoms with Crippen LogP contribution in [-0.4, -0.2) is 38.8 Å². The number of carbonyl (C=O) groups excluding carboxylic acids is 1. The van der Waals surface area contributed by atoms with E-state index in [0.29, 0.717) is 19.0 Å². The second kappa shape index (κ2) is 7.97. The van der Waals surface area contributed by atoms with Gasteiger partial charge in [-0.2, -0.15) is 31.4 Å². The first-order valence-electron chi connectivity index (χ1n) is 10.9. The highest BCUT2D eigenvalue weighted by Gasteiger charge is 2.55. The number of benzene rings is 2. The molecule has 1 aliphatic carbocycles. The Kier molecular flexibility index (Phi) is 5.34. The third-order valence-electron chi connectivity index (χ3n) is 6.79. The number of carbonyl (C=O) groups is 1. The second-order valence-corrected chi connectivity index (χ2v) is 9.28. The molecule has 5 rings (SSSR count). The summed E-state index contributed by atoms with van der Waals surface area (Å²) in [7, 11) is 0. The van der Waals surface area contributed by atoms with E-state index in [4.69, 9.17) is 0 Å². The van der Waals surface area contributed by atoms with Crippen molar-refractivity contribution in [2.75, 3.05) is 13.1 Å². The Morgan fingerprint density at radius 1 is 0.972 bits per heavy atom. The maximum Gasteiger partial charge on any atom is 0.420 e. The van der Waals surface area contributed by atoms with Crippen molar-refractivity contribution in [2.45, 2.75) is 31.2 Å². The van der Waals surface area contributed by atoms with Crippen molar-refractivity contribution < 1.29 is 40.6 Å². The van der Waals surface area contributed by atoms with Crippen LogP contribution in [0.3, 0.4) is 0 Å². The average molecular weight is 513 g/mol. The number of alkyl halides is 6. The molecule has 1 amide bonds. The zero-order valence-electron chi connectivity index (χ0n) is 18.4. The van der Waals surface area contributed by atoms with Gasteiger partial charge in [-0.25, -0.2) is 4.39 Å². The summed E-state index contributed by atoms with van der Waals surface area (Å²) in [5, 5.41) is 13.4. The molecular formula is C24H18F7N3O2. The first-order valence-corrected chi connectivity index (χ1v) is 10.9. The molecule has 1 N–H and O–H groups in total. The molecule has 36 heavy (non-hydrogen) atoms. The van der Waals surface area contributed by atoms with Crippen molar-refractivity contribution in [3.05, 3.63) is 71.2 Å². The van der Waals surface area contributed by atoms with E-state index in [0.717, 1.165) is 41.1 Å². The number of phenolic OH excluding ortho intramolecular Hbond substituents is 1. The average Bonchev–Trinajstić information content (AvgIpc) is 3.18. The molecule has 0 atom stereocenters. The van der Waals surface area contributed by atoms with Crippen molar-refractivity contribution in [1.29, 1.82) is 0 Å². The Morgan fingerprint density at radius 3 is 2.25 bits per heavy atom. The molecule has 1 saturated carbocycles. The Labute approximate surface area is 199 Å². The molecule has 1 aliphatic heterocycles. The van der Waals surface area contributed by atoms with E-state index in [1.165, 1.54) is 11.0 Å². The third kappa shape index (κ3) is 3.97. The fourth-order valence-electron chi connectivity index (χ4n) is 5.18. The molecule has 190 valence electrons. The molecule has 12 heteroatoms. The molecule has 3 aromatic rings. The monoisotopic (exact) mass is 513 g/mol. The number of amides is 1. The maximum atomic E-state index is 14.0. The van der Waals surface area contributed by atoms with Crippen molar-refractivity contribution >= 4 is 5.91 Å². The zero-order chi connectivity index (χ0) is 26.0. The molecule has 2 heterocycles. The van der Waals surface area contributed by atoms with Crippen molar-refractivity contribution in [2.24, 2.45) is 5.41 Å². The van der Waals surface area contributed by atoms with Crippen LogP contribution in [0.5, 0.6) is 5.75 Å². The summed E-state index contributed by atoms with van der Waals surface area (Å²) in [6.07, 6.45) is -8.67. The van der Waals surface area contributed by atoms with Crippen molar-refractivity contribution in [3.8, 4) is 17.0 Å². The largest absolute Gasteiger partial charge is 0.508 e. The summed E-state index contributed by atoms with van der Waals surface area (Å²) < 4.78 is 97.0. The Balaban J connectivity index is 1.39. The molecular weight excluding hydrogens is 495 g/mol. The molecule has 1 saturated heterocycles. The van der Waals surface area contributed by atoms with Crippen LogP contribution in [-0.2, 0) is 12.4 Å². The topological polar surface area (TPSA) is 58.4 Å². The van der Waals surface area contributed by atoms with Gasteiger partial charge in [0.2, 0.25) is 0 Å². The molecule has 2 aliphatic rings. The number of hydrogen-bond donors (Lipinski definition) is 1. The van der Waals surface area contributed by atoms with Gasteiger partial charge in [0.25, 0.3) is 5.91 Å². The number of hydrogen-bond acceptors (Lipinski definition) is 3. The lowest BCUT2D eigenvalue weighted by atomic mass is 9.60. The van der Waals surface area contributed by atoms with Gasteiger partial charge >= 0.3 is 12.4 Å². The molecule has 0 unspecified atom stereocenters. The molecule has 2 fully saturated rings. The molecule has 1 aromatic heterocycles. The number of rotatable bonds is 3. The van der Waals surface area contributed by atoms with Crippen LogP contribution >= 0.6 is 0 Å². The molecule has 5 nitrogen and oxygen atoms in total.